The topological polar surface area (TPSA) is 51.0 Å². The first-order valence-corrected chi connectivity index (χ1v) is 10.5. The van der Waals surface area contributed by atoms with Gasteiger partial charge in [0.15, 0.2) is 5.16 Å². The van der Waals surface area contributed by atoms with Crippen molar-refractivity contribution >= 4 is 17.7 Å². The molecule has 1 aliphatic rings. The lowest BCUT2D eigenvalue weighted by Crippen LogP contribution is -2.31. The third kappa shape index (κ3) is 3.83. The van der Waals surface area contributed by atoms with Crippen LogP contribution in [0.5, 0.6) is 0 Å². The minimum atomic E-state index is -0.327. The van der Waals surface area contributed by atoms with Crippen LogP contribution < -0.4 is 0 Å². The standard InChI is InChI=1S/C22H24N4OS/c1-16-10-12-19(13-11-16)26-17(2)23-24-22(26)28-20(18-8-4-3-5-9-18)21(27)25-14-6-7-15-25/h3-5,8-13,20H,6-7,14-15H2,1-2H3/t20-/m1/s1. The Kier molecular flexibility index (Phi) is 5.48. The number of benzene rings is 2. The van der Waals surface area contributed by atoms with Crippen LogP contribution in [0, 0.1) is 13.8 Å². The van der Waals surface area contributed by atoms with Gasteiger partial charge in [0.2, 0.25) is 5.91 Å². The van der Waals surface area contributed by atoms with Crippen LogP contribution in [0.15, 0.2) is 59.8 Å². The van der Waals surface area contributed by atoms with Gasteiger partial charge in [0.25, 0.3) is 0 Å². The molecule has 3 aromatic rings. The van der Waals surface area contributed by atoms with Crippen LogP contribution in [0.25, 0.3) is 5.69 Å². The molecule has 1 saturated heterocycles. The molecule has 28 heavy (non-hydrogen) atoms. The number of carbonyl (C=O) groups excluding carboxylic acids is 1. The third-order valence-electron chi connectivity index (χ3n) is 5.05. The second-order valence-electron chi connectivity index (χ2n) is 7.14. The lowest BCUT2D eigenvalue weighted by atomic mass is 10.1. The first-order chi connectivity index (χ1) is 13.6. The number of likely N-dealkylation sites (tertiary alicyclic amines) is 1. The molecule has 0 radical (unpaired) electrons. The van der Waals surface area contributed by atoms with Crippen LogP contribution in [-0.2, 0) is 4.79 Å². The summed E-state index contributed by atoms with van der Waals surface area (Å²) in [7, 11) is 0. The quantitative estimate of drug-likeness (QED) is 0.606. The molecule has 1 amide bonds. The van der Waals surface area contributed by atoms with Crippen molar-refractivity contribution in [3.05, 3.63) is 71.5 Å². The maximum Gasteiger partial charge on any atom is 0.240 e. The predicted octanol–water partition coefficient (Wildman–Crippen LogP) is 4.34. The van der Waals surface area contributed by atoms with E-state index in [4.69, 9.17) is 0 Å². The van der Waals surface area contributed by atoms with E-state index in [2.05, 4.69) is 41.4 Å². The van der Waals surface area contributed by atoms with Crippen molar-refractivity contribution < 1.29 is 4.79 Å². The Labute approximate surface area is 169 Å². The molecule has 2 heterocycles. The van der Waals surface area contributed by atoms with Crippen LogP contribution >= 0.6 is 11.8 Å². The lowest BCUT2D eigenvalue weighted by Gasteiger charge is -2.23. The smallest absolute Gasteiger partial charge is 0.240 e. The molecule has 1 aromatic heterocycles. The van der Waals surface area contributed by atoms with Crippen molar-refractivity contribution in [2.24, 2.45) is 0 Å². The average Bonchev–Trinajstić information content (AvgIpc) is 3.37. The summed E-state index contributed by atoms with van der Waals surface area (Å²) in [5, 5.41) is 9.09. The average molecular weight is 393 g/mol. The number of nitrogens with zero attached hydrogens (tertiary/aromatic N) is 4. The predicted molar refractivity (Wildman–Crippen MR) is 112 cm³/mol. The molecule has 0 N–H and O–H groups in total. The Morgan fingerprint density at radius 3 is 2.32 bits per heavy atom. The summed E-state index contributed by atoms with van der Waals surface area (Å²) in [6, 6.07) is 18.3. The highest BCUT2D eigenvalue weighted by molar-refractivity contribution is 8.00. The third-order valence-corrected chi connectivity index (χ3v) is 6.24. The number of hydrogen-bond donors (Lipinski definition) is 0. The number of hydrogen-bond acceptors (Lipinski definition) is 4. The van der Waals surface area contributed by atoms with Crippen molar-refractivity contribution in [3.8, 4) is 5.69 Å². The molecule has 1 fully saturated rings. The van der Waals surface area contributed by atoms with E-state index < -0.39 is 0 Å². The Morgan fingerprint density at radius 2 is 1.64 bits per heavy atom. The number of thioether (sulfide) groups is 1. The lowest BCUT2D eigenvalue weighted by molar-refractivity contribution is -0.129. The molecule has 1 atom stereocenters. The maximum absolute atomic E-state index is 13.3. The van der Waals surface area contributed by atoms with E-state index in [0.717, 1.165) is 48.2 Å². The van der Waals surface area contributed by atoms with Crippen molar-refractivity contribution in [1.82, 2.24) is 19.7 Å². The van der Waals surface area contributed by atoms with Gasteiger partial charge in [-0.1, -0.05) is 59.8 Å². The van der Waals surface area contributed by atoms with Gasteiger partial charge in [0.1, 0.15) is 11.1 Å². The van der Waals surface area contributed by atoms with Gasteiger partial charge in [0.05, 0.1) is 0 Å². The van der Waals surface area contributed by atoms with Gasteiger partial charge in [-0.2, -0.15) is 0 Å². The molecule has 0 aliphatic carbocycles. The van der Waals surface area contributed by atoms with E-state index in [-0.39, 0.29) is 11.2 Å². The van der Waals surface area contributed by atoms with E-state index in [1.54, 1.807) is 0 Å². The second kappa shape index (κ2) is 8.19. The molecular formula is C22H24N4OS. The Balaban J connectivity index is 1.69. The number of amides is 1. The van der Waals surface area contributed by atoms with Crippen LogP contribution in [0.4, 0.5) is 0 Å². The van der Waals surface area contributed by atoms with E-state index in [0.29, 0.717) is 0 Å². The van der Waals surface area contributed by atoms with Gasteiger partial charge < -0.3 is 4.90 Å². The molecule has 6 heteroatoms. The fourth-order valence-electron chi connectivity index (χ4n) is 3.51. The Bertz CT molecular complexity index is 946. The minimum Gasteiger partial charge on any atom is -0.341 e. The summed E-state index contributed by atoms with van der Waals surface area (Å²) in [6.07, 6.45) is 2.16. The Morgan fingerprint density at radius 1 is 0.964 bits per heavy atom. The fraction of sp³-hybridized carbons (Fsp3) is 0.318. The molecule has 0 spiro atoms. The zero-order valence-corrected chi connectivity index (χ0v) is 17.0. The van der Waals surface area contributed by atoms with Gasteiger partial charge in [-0.15, -0.1) is 10.2 Å². The van der Waals surface area contributed by atoms with Gasteiger partial charge in [0, 0.05) is 18.8 Å². The summed E-state index contributed by atoms with van der Waals surface area (Å²) in [4.78, 5) is 15.3. The SMILES string of the molecule is Cc1ccc(-n2c(C)nnc2S[C@@H](C(=O)N2CCCC2)c2ccccc2)cc1. The molecule has 2 aromatic carbocycles. The summed E-state index contributed by atoms with van der Waals surface area (Å²) < 4.78 is 2.03. The molecule has 0 unspecified atom stereocenters. The van der Waals surface area contributed by atoms with E-state index >= 15 is 0 Å². The normalized spacial score (nSPS) is 15.0. The van der Waals surface area contributed by atoms with E-state index in [1.165, 1.54) is 17.3 Å². The van der Waals surface area contributed by atoms with Crippen molar-refractivity contribution in [1.29, 1.82) is 0 Å². The fourth-order valence-corrected chi connectivity index (χ4v) is 4.69. The molecule has 0 saturated carbocycles. The van der Waals surface area contributed by atoms with Crippen LogP contribution in [0.1, 0.15) is 35.0 Å². The van der Waals surface area contributed by atoms with Crippen LogP contribution in [0.2, 0.25) is 0 Å². The largest absolute Gasteiger partial charge is 0.341 e. The van der Waals surface area contributed by atoms with Crippen molar-refractivity contribution in [2.45, 2.75) is 37.1 Å². The van der Waals surface area contributed by atoms with Gasteiger partial charge in [-0.25, -0.2) is 0 Å². The highest BCUT2D eigenvalue weighted by atomic mass is 32.2. The monoisotopic (exact) mass is 392 g/mol. The van der Waals surface area contributed by atoms with Gasteiger partial charge in [-0.05, 0) is 44.4 Å². The minimum absolute atomic E-state index is 0.157. The first-order valence-electron chi connectivity index (χ1n) is 9.63. The number of carbonyl (C=O) groups is 1. The van der Waals surface area contributed by atoms with Gasteiger partial charge in [-0.3, -0.25) is 9.36 Å². The maximum atomic E-state index is 13.3. The highest BCUT2D eigenvalue weighted by Crippen LogP contribution is 2.37. The first kappa shape index (κ1) is 18.7. The zero-order chi connectivity index (χ0) is 19.5. The molecular weight excluding hydrogens is 368 g/mol. The summed E-state index contributed by atoms with van der Waals surface area (Å²) in [6.45, 7) is 5.69. The summed E-state index contributed by atoms with van der Waals surface area (Å²) in [5.41, 5.74) is 3.21. The van der Waals surface area contributed by atoms with Gasteiger partial charge >= 0.3 is 0 Å². The highest BCUT2D eigenvalue weighted by Gasteiger charge is 2.30. The number of rotatable bonds is 5. The molecule has 4 rings (SSSR count). The second-order valence-corrected chi connectivity index (χ2v) is 8.21. The Hall–Kier alpha value is -2.60. The van der Waals surface area contributed by atoms with E-state index in [1.807, 2.05) is 46.7 Å². The number of aromatic nitrogens is 3. The number of aryl methyl sites for hydroxylation is 2. The molecule has 5 nitrogen and oxygen atoms in total. The summed E-state index contributed by atoms with van der Waals surface area (Å²) in [5.74, 6) is 0.969. The van der Waals surface area contributed by atoms with Crippen molar-refractivity contribution in [3.63, 3.8) is 0 Å². The molecule has 1 aliphatic heterocycles. The zero-order valence-electron chi connectivity index (χ0n) is 16.2. The van der Waals surface area contributed by atoms with Crippen LogP contribution in [-0.4, -0.2) is 38.7 Å². The van der Waals surface area contributed by atoms with Crippen molar-refractivity contribution in [2.75, 3.05) is 13.1 Å². The molecule has 144 valence electrons. The van der Waals surface area contributed by atoms with E-state index in [9.17, 15) is 4.79 Å². The molecule has 0 bridgehead atoms. The summed E-state index contributed by atoms with van der Waals surface area (Å²) >= 11 is 1.48. The van der Waals surface area contributed by atoms with Crippen LogP contribution in [0.3, 0.4) is 0 Å².